The minimum atomic E-state index is -2.86. The van der Waals surface area contributed by atoms with Crippen molar-refractivity contribution in [3.63, 3.8) is 0 Å². The molecule has 0 saturated heterocycles. The zero-order chi connectivity index (χ0) is 62.5. The zero-order valence-electron chi connectivity index (χ0n) is 52.4. The van der Waals surface area contributed by atoms with Crippen molar-refractivity contribution in [2.75, 3.05) is 0 Å². The molecule has 1 aliphatic rings. The highest BCUT2D eigenvalue weighted by Gasteiger charge is 2.62. The first-order valence-corrected chi connectivity index (χ1v) is 42.1. The van der Waals surface area contributed by atoms with Gasteiger partial charge in [-0.15, -0.1) is 26.3 Å². The van der Waals surface area contributed by atoms with Gasteiger partial charge in [-0.3, -0.25) is 0 Å². The molecule has 0 radical (unpaired) electrons. The average Bonchev–Trinajstić information content (AvgIpc) is 0.717. The van der Waals surface area contributed by atoms with Gasteiger partial charge in [-0.1, -0.05) is 191 Å². The smallest absolute Gasteiger partial charge is 0.211 e. The summed E-state index contributed by atoms with van der Waals surface area (Å²) in [6, 6.07) is 75.1. The Morgan fingerprint density at radius 3 is 0.545 bits per heavy atom. The largest absolute Gasteiger partial charge is 0.404 e. The van der Waals surface area contributed by atoms with Crippen molar-refractivity contribution in [2.24, 2.45) is 0 Å². The van der Waals surface area contributed by atoms with Crippen LogP contribution in [0.4, 0.5) is 0 Å². The van der Waals surface area contributed by atoms with E-state index in [2.05, 4.69) is 223 Å². The van der Waals surface area contributed by atoms with E-state index < -0.39 is 55.7 Å². The van der Waals surface area contributed by atoms with E-state index in [1.807, 2.05) is 144 Å². The van der Waals surface area contributed by atoms with Crippen LogP contribution in [0.1, 0.15) is 92.4 Å². The molecule has 1 saturated carbocycles. The van der Waals surface area contributed by atoms with Crippen molar-refractivity contribution in [2.45, 2.75) is 100 Å². The highest BCUT2D eigenvalue weighted by atomic mass is 28.4. The van der Waals surface area contributed by atoms with E-state index in [4.69, 9.17) is 17.7 Å². The quantitative estimate of drug-likeness (QED) is 0.0714. The van der Waals surface area contributed by atoms with Crippen LogP contribution in [0.3, 0.4) is 0 Å². The summed E-state index contributed by atoms with van der Waals surface area (Å²) in [4.78, 5) is 0. The van der Waals surface area contributed by atoms with Crippen LogP contribution in [0.2, 0.25) is 52.4 Å². The van der Waals surface area contributed by atoms with Gasteiger partial charge in [0.15, 0.2) is 0 Å². The summed E-state index contributed by atoms with van der Waals surface area (Å²) >= 11 is 0. The molecule has 1 fully saturated rings. The third-order valence-electron chi connectivity index (χ3n) is 16.2. The Bertz CT molecular complexity index is 3460. The molecule has 0 N–H and O–H groups in total. The molecule has 0 spiro atoms. The van der Waals surface area contributed by atoms with Gasteiger partial charge in [0.2, 0.25) is 33.3 Å². The fourth-order valence-corrected chi connectivity index (χ4v) is 17.1. The third-order valence-corrected chi connectivity index (χ3v) is 23.8. The first-order chi connectivity index (χ1) is 42.1. The molecule has 0 aromatic heterocycles. The lowest BCUT2D eigenvalue weighted by Crippen LogP contribution is -2.61. The first-order valence-electron chi connectivity index (χ1n) is 30.2. The van der Waals surface area contributed by atoms with E-state index in [-0.39, 0.29) is 0 Å². The molecule has 4 nitrogen and oxygen atoms in total. The SMILES string of the molecule is C=C[Si](C)(C)OC1(c2ccc(C#Cc3ccccc3)cc2)CC(O[Si](C)(C)C=C)(c2ccc(C#Cc3ccccc3)cc2)CC(O[Si](C)(C)C=C)(c2ccc(C#Cc3ccccc3)cc2)CC(O[Si](C)(C)C=C)(c2ccc(C#Cc3ccccc3)cc2)C1. The highest BCUT2D eigenvalue weighted by Crippen LogP contribution is 2.61. The van der Waals surface area contributed by atoms with E-state index in [9.17, 15) is 0 Å². The lowest BCUT2D eigenvalue weighted by molar-refractivity contribution is -0.170. The summed E-state index contributed by atoms with van der Waals surface area (Å²) in [5.41, 5.74) is 14.6. The second-order valence-corrected chi connectivity index (χ2v) is 40.4. The van der Waals surface area contributed by atoms with Crippen LogP contribution in [-0.4, -0.2) is 33.3 Å². The highest BCUT2D eigenvalue weighted by molar-refractivity contribution is 6.77. The normalized spacial score (nSPS) is 19.4. The van der Waals surface area contributed by atoms with Crippen molar-refractivity contribution in [1.29, 1.82) is 0 Å². The van der Waals surface area contributed by atoms with Gasteiger partial charge in [-0.2, -0.15) is 0 Å². The van der Waals surface area contributed by atoms with Crippen molar-refractivity contribution >= 4 is 33.3 Å². The third kappa shape index (κ3) is 16.2. The Kier molecular flexibility index (Phi) is 20.0. The number of hydrogen-bond acceptors (Lipinski definition) is 4. The minimum absolute atomic E-state index is 0.322. The summed E-state index contributed by atoms with van der Waals surface area (Å²) in [6.07, 6.45) is 1.29. The predicted molar refractivity (Wildman–Crippen MR) is 376 cm³/mol. The van der Waals surface area contributed by atoms with Crippen molar-refractivity contribution in [3.8, 4) is 47.4 Å². The zero-order valence-corrected chi connectivity index (χ0v) is 56.4. The summed E-state index contributed by atoms with van der Waals surface area (Å²) in [5, 5.41) is 0. The molecule has 0 heterocycles. The van der Waals surface area contributed by atoms with Crippen LogP contribution in [0.25, 0.3) is 0 Å². The maximum Gasteiger partial charge on any atom is 0.211 e. The van der Waals surface area contributed by atoms with Crippen molar-refractivity contribution in [3.05, 3.63) is 334 Å². The van der Waals surface area contributed by atoms with E-state index in [1.54, 1.807) is 0 Å². The molecule has 0 amide bonds. The fraction of sp³-hybridized carbons (Fsp3) is 0.200. The Balaban J connectivity index is 1.40. The monoisotopic (exact) mass is 1220 g/mol. The van der Waals surface area contributed by atoms with Gasteiger partial charge in [0.1, 0.15) is 0 Å². The molecule has 0 unspecified atom stereocenters. The minimum Gasteiger partial charge on any atom is -0.404 e. The van der Waals surface area contributed by atoms with E-state index in [1.165, 1.54) is 0 Å². The Morgan fingerprint density at radius 2 is 0.398 bits per heavy atom. The van der Waals surface area contributed by atoms with Gasteiger partial charge in [-0.25, -0.2) is 0 Å². The topological polar surface area (TPSA) is 36.9 Å². The molecular formula is C80H80O4Si4. The average molecular weight is 1220 g/mol. The standard InChI is InChI=1S/C80H80O4Si4/c1-13-85(5,6)81-77(73-53-45-69(46-54-73)41-37-65-29-21-17-22-30-65)61-78(82-86(7,8)14-2,74-55-47-70(48-56-74)42-38-66-31-23-18-24-32-66)63-80(84-88(11,12)16-4,76-59-51-72(52-60-76)44-40-68-35-27-20-28-36-68)64-79(62-77,83-87(9,10)15-3)75-57-49-71(50-58-75)43-39-67-33-25-19-26-34-67/h13-36,45-60H,1-4,61-64H2,5-12H3. The predicted octanol–water partition coefficient (Wildman–Crippen LogP) is 18.5. The van der Waals surface area contributed by atoms with Crippen LogP contribution in [0, 0.1) is 47.4 Å². The summed E-state index contributed by atoms with van der Waals surface area (Å²) < 4.78 is 33.0. The maximum atomic E-state index is 8.25. The van der Waals surface area contributed by atoms with Gasteiger partial charge >= 0.3 is 0 Å². The van der Waals surface area contributed by atoms with Crippen LogP contribution >= 0.6 is 0 Å². The van der Waals surface area contributed by atoms with Gasteiger partial charge in [0.25, 0.3) is 0 Å². The van der Waals surface area contributed by atoms with Crippen LogP contribution in [-0.2, 0) is 40.1 Å². The summed E-state index contributed by atoms with van der Waals surface area (Å²) in [6.45, 7) is 35.8. The van der Waals surface area contributed by atoms with Crippen LogP contribution in [0.5, 0.6) is 0 Å². The maximum absolute atomic E-state index is 8.25. The Morgan fingerprint density at radius 1 is 0.250 bits per heavy atom. The van der Waals surface area contributed by atoms with Gasteiger partial charge in [0, 0.05) is 70.2 Å². The van der Waals surface area contributed by atoms with E-state index in [0.29, 0.717) is 25.7 Å². The van der Waals surface area contributed by atoms with Crippen molar-refractivity contribution < 1.29 is 17.7 Å². The molecule has 9 rings (SSSR count). The molecule has 8 aromatic rings. The van der Waals surface area contributed by atoms with Gasteiger partial charge < -0.3 is 17.7 Å². The Hall–Kier alpha value is -8.33. The molecule has 0 atom stereocenters. The summed E-state index contributed by atoms with van der Waals surface area (Å²) in [5.74, 6) is 27.5. The molecule has 440 valence electrons. The molecule has 1 aliphatic carbocycles. The number of rotatable bonds is 16. The lowest BCUT2D eigenvalue weighted by atomic mass is 9.61. The van der Waals surface area contributed by atoms with Gasteiger partial charge in [-0.05, 0) is 172 Å². The summed E-state index contributed by atoms with van der Waals surface area (Å²) in [7, 11) is -11.4. The van der Waals surface area contributed by atoms with Crippen LogP contribution < -0.4 is 0 Å². The molecule has 8 aromatic carbocycles. The first kappa shape index (κ1) is 64.1. The van der Waals surface area contributed by atoms with E-state index in [0.717, 1.165) is 66.8 Å². The Labute approximate surface area is 529 Å². The second-order valence-electron chi connectivity index (χ2n) is 25.1. The molecular weight excluding hydrogens is 1140 g/mol. The van der Waals surface area contributed by atoms with Gasteiger partial charge in [0.05, 0.1) is 22.4 Å². The van der Waals surface area contributed by atoms with E-state index >= 15 is 0 Å². The van der Waals surface area contributed by atoms with Crippen molar-refractivity contribution in [1.82, 2.24) is 0 Å². The second kappa shape index (κ2) is 27.4. The number of hydrogen-bond donors (Lipinski definition) is 0. The lowest BCUT2D eigenvalue weighted by Gasteiger charge is -2.59. The molecule has 0 aliphatic heterocycles. The fourth-order valence-electron chi connectivity index (χ4n) is 11.7. The molecule has 88 heavy (non-hydrogen) atoms. The number of benzene rings is 8. The van der Waals surface area contributed by atoms with Crippen LogP contribution in [0.15, 0.2) is 268 Å². The molecule has 0 bridgehead atoms. The molecule has 8 heteroatoms.